The van der Waals surface area contributed by atoms with Gasteiger partial charge in [-0.3, -0.25) is 4.79 Å². The first-order chi connectivity index (χ1) is 8.15. The average molecular weight is 274 g/mol. The quantitative estimate of drug-likeness (QED) is 0.618. The van der Waals surface area contributed by atoms with Gasteiger partial charge in [-0.25, -0.2) is 0 Å². The fourth-order valence-corrected chi connectivity index (χ4v) is 2.09. The Morgan fingerprint density at radius 2 is 2.06 bits per heavy atom. The van der Waals surface area contributed by atoms with Crippen LogP contribution >= 0.6 is 23.2 Å². The molecule has 0 aliphatic heterocycles. The van der Waals surface area contributed by atoms with Crippen molar-refractivity contribution < 1.29 is 4.79 Å². The smallest absolute Gasteiger partial charge is 0.220 e. The molecule has 94 valence electrons. The third kappa shape index (κ3) is 4.97. The van der Waals surface area contributed by atoms with Crippen LogP contribution in [0.25, 0.3) is 0 Å². The van der Waals surface area contributed by atoms with Crippen LogP contribution in [0.1, 0.15) is 37.8 Å². The highest BCUT2D eigenvalue weighted by Crippen LogP contribution is 2.22. The number of carbonyl (C=O) groups excluding carboxylic acids is 1. The Balaban J connectivity index is 2.46. The van der Waals surface area contributed by atoms with E-state index in [1.54, 1.807) is 0 Å². The van der Waals surface area contributed by atoms with Crippen molar-refractivity contribution >= 4 is 29.1 Å². The Bertz CT molecular complexity index is 368. The molecule has 0 unspecified atom stereocenters. The SMILES string of the molecule is C[C@@H](NC(=O)CCCCCl)c1ccccc1Cl. The number of alkyl halides is 1. The minimum atomic E-state index is -0.0628. The second-order valence-corrected chi connectivity index (χ2v) is 4.74. The van der Waals surface area contributed by atoms with Gasteiger partial charge in [0, 0.05) is 17.3 Å². The van der Waals surface area contributed by atoms with Gasteiger partial charge < -0.3 is 5.32 Å². The lowest BCUT2D eigenvalue weighted by Crippen LogP contribution is -2.26. The van der Waals surface area contributed by atoms with Gasteiger partial charge in [0.05, 0.1) is 6.04 Å². The third-order valence-electron chi connectivity index (χ3n) is 2.54. The van der Waals surface area contributed by atoms with E-state index < -0.39 is 0 Å². The molecule has 0 aliphatic carbocycles. The maximum Gasteiger partial charge on any atom is 0.220 e. The number of rotatable bonds is 6. The van der Waals surface area contributed by atoms with Crippen molar-refractivity contribution in [2.75, 3.05) is 5.88 Å². The minimum absolute atomic E-state index is 0.0440. The van der Waals surface area contributed by atoms with E-state index in [1.165, 1.54) is 0 Å². The Kier molecular flexibility index (Phi) is 6.38. The summed E-state index contributed by atoms with van der Waals surface area (Å²) in [5, 5.41) is 3.61. The monoisotopic (exact) mass is 273 g/mol. The fraction of sp³-hybridized carbons (Fsp3) is 0.462. The van der Waals surface area contributed by atoms with E-state index in [-0.39, 0.29) is 11.9 Å². The summed E-state index contributed by atoms with van der Waals surface area (Å²) in [4.78, 5) is 11.6. The van der Waals surface area contributed by atoms with E-state index >= 15 is 0 Å². The molecule has 2 nitrogen and oxygen atoms in total. The van der Waals surface area contributed by atoms with Crippen LogP contribution in [0.5, 0.6) is 0 Å². The van der Waals surface area contributed by atoms with Crippen LogP contribution in [-0.2, 0) is 4.79 Å². The van der Waals surface area contributed by atoms with Crippen LogP contribution in [0.15, 0.2) is 24.3 Å². The van der Waals surface area contributed by atoms with Gasteiger partial charge in [-0.15, -0.1) is 11.6 Å². The number of carbonyl (C=O) groups is 1. The molecular weight excluding hydrogens is 257 g/mol. The Labute approximate surface area is 112 Å². The molecule has 0 fully saturated rings. The van der Waals surface area contributed by atoms with Gasteiger partial charge >= 0.3 is 0 Å². The summed E-state index contributed by atoms with van der Waals surface area (Å²) in [6, 6.07) is 7.48. The maximum atomic E-state index is 11.6. The van der Waals surface area contributed by atoms with Gasteiger partial charge in [0.2, 0.25) is 5.91 Å². The maximum absolute atomic E-state index is 11.6. The molecule has 0 radical (unpaired) electrons. The Hall–Kier alpha value is -0.730. The van der Waals surface area contributed by atoms with Crippen LogP contribution in [0, 0.1) is 0 Å². The van der Waals surface area contributed by atoms with Gasteiger partial charge in [0.15, 0.2) is 0 Å². The third-order valence-corrected chi connectivity index (χ3v) is 3.15. The molecule has 0 aliphatic rings. The average Bonchev–Trinajstić information content (AvgIpc) is 2.29. The van der Waals surface area contributed by atoms with E-state index in [2.05, 4.69) is 5.32 Å². The molecule has 0 bridgehead atoms. The summed E-state index contributed by atoms with van der Waals surface area (Å²) in [5.41, 5.74) is 0.944. The second kappa shape index (κ2) is 7.57. The first kappa shape index (κ1) is 14.3. The molecule has 1 rings (SSSR count). The van der Waals surface area contributed by atoms with Crippen LogP contribution in [0.3, 0.4) is 0 Å². The zero-order valence-electron chi connectivity index (χ0n) is 9.88. The lowest BCUT2D eigenvalue weighted by Gasteiger charge is -2.15. The number of halogens is 2. The summed E-state index contributed by atoms with van der Waals surface area (Å²) < 4.78 is 0. The molecule has 1 aromatic rings. The van der Waals surface area contributed by atoms with Gasteiger partial charge in [0.25, 0.3) is 0 Å². The standard InChI is InChI=1S/C13H17Cl2NO/c1-10(11-6-2-3-7-12(11)15)16-13(17)8-4-5-9-14/h2-3,6-7,10H,4-5,8-9H2,1H3,(H,16,17)/t10-/m1/s1. The topological polar surface area (TPSA) is 29.1 Å². The number of unbranched alkanes of at least 4 members (excludes halogenated alkanes) is 1. The lowest BCUT2D eigenvalue weighted by molar-refractivity contribution is -0.121. The zero-order valence-corrected chi connectivity index (χ0v) is 11.4. The van der Waals surface area contributed by atoms with Gasteiger partial charge in [0.1, 0.15) is 0 Å². The molecular formula is C13H17Cl2NO. The summed E-state index contributed by atoms with van der Waals surface area (Å²) >= 11 is 11.6. The molecule has 0 spiro atoms. The summed E-state index contributed by atoms with van der Waals surface area (Å²) in [6.07, 6.45) is 2.21. The number of nitrogens with one attached hydrogen (secondary N) is 1. The molecule has 17 heavy (non-hydrogen) atoms. The van der Waals surface area contributed by atoms with E-state index in [9.17, 15) is 4.79 Å². The highest BCUT2D eigenvalue weighted by Gasteiger charge is 2.11. The Morgan fingerprint density at radius 3 is 2.71 bits per heavy atom. The molecule has 0 heterocycles. The van der Waals surface area contributed by atoms with Crippen molar-refractivity contribution in [2.24, 2.45) is 0 Å². The van der Waals surface area contributed by atoms with E-state index in [0.29, 0.717) is 17.3 Å². The predicted molar refractivity (Wildman–Crippen MR) is 72.6 cm³/mol. The molecule has 0 saturated heterocycles. The van der Waals surface area contributed by atoms with Crippen LogP contribution in [0.2, 0.25) is 5.02 Å². The first-order valence-electron chi connectivity index (χ1n) is 5.75. The zero-order chi connectivity index (χ0) is 12.7. The minimum Gasteiger partial charge on any atom is -0.350 e. The van der Waals surface area contributed by atoms with Gasteiger partial charge in [-0.2, -0.15) is 0 Å². The highest BCUT2D eigenvalue weighted by molar-refractivity contribution is 6.31. The largest absolute Gasteiger partial charge is 0.350 e. The Morgan fingerprint density at radius 1 is 1.35 bits per heavy atom. The van der Waals surface area contributed by atoms with Crippen molar-refractivity contribution in [1.82, 2.24) is 5.32 Å². The lowest BCUT2D eigenvalue weighted by atomic mass is 10.1. The normalized spacial score (nSPS) is 12.2. The molecule has 1 amide bonds. The van der Waals surface area contributed by atoms with E-state index in [0.717, 1.165) is 18.4 Å². The number of amides is 1. The van der Waals surface area contributed by atoms with E-state index in [1.807, 2.05) is 31.2 Å². The van der Waals surface area contributed by atoms with E-state index in [4.69, 9.17) is 23.2 Å². The molecule has 4 heteroatoms. The van der Waals surface area contributed by atoms with Crippen LogP contribution in [0.4, 0.5) is 0 Å². The number of hydrogen-bond donors (Lipinski definition) is 1. The highest BCUT2D eigenvalue weighted by atomic mass is 35.5. The summed E-state index contributed by atoms with van der Waals surface area (Å²) in [7, 11) is 0. The van der Waals surface area contributed by atoms with Crippen molar-refractivity contribution in [1.29, 1.82) is 0 Å². The van der Waals surface area contributed by atoms with Crippen molar-refractivity contribution in [2.45, 2.75) is 32.2 Å². The van der Waals surface area contributed by atoms with Crippen LogP contribution in [-0.4, -0.2) is 11.8 Å². The van der Waals surface area contributed by atoms with Crippen molar-refractivity contribution in [3.63, 3.8) is 0 Å². The molecule has 1 atom stereocenters. The predicted octanol–water partition coefficient (Wildman–Crippen LogP) is 3.93. The van der Waals surface area contributed by atoms with Crippen molar-refractivity contribution in [3.05, 3.63) is 34.9 Å². The molecule has 1 aromatic carbocycles. The van der Waals surface area contributed by atoms with Crippen molar-refractivity contribution in [3.8, 4) is 0 Å². The van der Waals surface area contributed by atoms with Crippen LogP contribution < -0.4 is 5.32 Å². The molecule has 0 aromatic heterocycles. The number of benzene rings is 1. The molecule has 1 N–H and O–H groups in total. The second-order valence-electron chi connectivity index (χ2n) is 3.96. The summed E-state index contributed by atoms with van der Waals surface area (Å²) in [5.74, 6) is 0.649. The van der Waals surface area contributed by atoms with Gasteiger partial charge in [-0.05, 0) is 31.4 Å². The number of hydrogen-bond acceptors (Lipinski definition) is 1. The van der Waals surface area contributed by atoms with Gasteiger partial charge in [-0.1, -0.05) is 29.8 Å². The first-order valence-corrected chi connectivity index (χ1v) is 6.66. The summed E-state index contributed by atoms with van der Waals surface area (Å²) in [6.45, 7) is 1.93. The fourth-order valence-electron chi connectivity index (χ4n) is 1.60. The molecule has 0 saturated carbocycles.